The third-order valence-corrected chi connectivity index (χ3v) is 0.932. The first-order valence-corrected chi connectivity index (χ1v) is 3.22. The van der Waals surface area contributed by atoms with Crippen LogP contribution in [0.3, 0.4) is 0 Å². The Morgan fingerprint density at radius 2 is 1.91 bits per heavy atom. The van der Waals surface area contributed by atoms with Crippen LogP contribution in [0, 0.1) is 0 Å². The zero-order valence-electron chi connectivity index (χ0n) is 5.97. The summed E-state index contributed by atoms with van der Waals surface area (Å²) in [5, 5.41) is 9.89. The Morgan fingerprint density at radius 3 is 2.09 bits per heavy atom. The zero-order chi connectivity index (χ0) is 7.78. The third-order valence-electron chi connectivity index (χ3n) is 0.932. The maximum absolute atomic E-state index is 4.65. The molecule has 4 heteroatoms. The SMILES string of the molecule is C1=COCN1.c1ccnnc1. The number of nitrogens with one attached hydrogen (secondary N) is 1. The molecule has 0 saturated heterocycles. The molecule has 1 N–H and O–H groups in total. The van der Waals surface area contributed by atoms with Gasteiger partial charge in [-0.15, -0.1) is 0 Å². The van der Waals surface area contributed by atoms with E-state index in [1.165, 1.54) is 0 Å². The number of ether oxygens (including phenoxy) is 1. The van der Waals surface area contributed by atoms with Crippen LogP contribution in [0.4, 0.5) is 0 Å². The van der Waals surface area contributed by atoms with Crippen LogP contribution in [0.15, 0.2) is 37.0 Å². The Kier molecular flexibility index (Phi) is 3.57. The Bertz CT molecular complexity index is 167. The van der Waals surface area contributed by atoms with Crippen LogP contribution in [0.1, 0.15) is 0 Å². The maximum atomic E-state index is 4.65. The summed E-state index contributed by atoms with van der Waals surface area (Å²) in [6.45, 7) is 0.639. The summed E-state index contributed by atoms with van der Waals surface area (Å²) in [5.74, 6) is 0. The molecule has 0 saturated carbocycles. The van der Waals surface area contributed by atoms with Crippen molar-refractivity contribution in [2.24, 2.45) is 0 Å². The number of nitrogens with zero attached hydrogens (tertiary/aromatic N) is 2. The molecule has 0 aliphatic carbocycles. The minimum Gasteiger partial charge on any atom is -0.479 e. The summed E-state index contributed by atoms with van der Waals surface area (Å²) >= 11 is 0. The highest BCUT2D eigenvalue weighted by atomic mass is 16.5. The van der Waals surface area contributed by atoms with Crippen LogP contribution in [-0.4, -0.2) is 16.9 Å². The molecule has 0 aromatic carbocycles. The van der Waals surface area contributed by atoms with E-state index in [9.17, 15) is 0 Å². The molecule has 0 fully saturated rings. The Labute approximate surface area is 64.9 Å². The van der Waals surface area contributed by atoms with Crippen molar-refractivity contribution in [3.8, 4) is 0 Å². The predicted molar refractivity (Wildman–Crippen MR) is 40.3 cm³/mol. The van der Waals surface area contributed by atoms with Gasteiger partial charge in [0.05, 0.1) is 0 Å². The van der Waals surface area contributed by atoms with E-state index < -0.39 is 0 Å². The van der Waals surface area contributed by atoms with E-state index in [1.807, 2.05) is 12.1 Å². The van der Waals surface area contributed by atoms with E-state index >= 15 is 0 Å². The molecule has 0 radical (unpaired) electrons. The smallest absolute Gasteiger partial charge is 0.157 e. The van der Waals surface area contributed by atoms with Crippen LogP contribution >= 0.6 is 0 Å². The molecule has 0 spiro atoms. The highest BCUT2D eigenvalue weighted by Crippen LogP contribution is 1.78. The molecule has 1 aliphatic heterocycles. The first-order chi connectivity index (χ1) is 5.50. The first kappa shape index (κ1) is 7.53. The molecule has 1 aliphatic rings. The first-order valence-electron chi connectivity index (χ1n) is 3.22. The summed E-state index contributed by atoms with van der Waals surface area (Å²) in [6.07, 6.45) is 6.67. The third kappa shape index (κ3) is 3.91. The highest BCUT2D eigenvalue weighted by molar-refractivity contribution is 4.79. The lowest BCUT2D eigenvalue weighted by Crippen LogP contribution is -1.98. The van der Waals surface area contributed by atoms with Gasteiger partial charge in [0.1, 0.15) is 6.26 Å². The van der Waals surface area contributed by atoms with Crippen LogP contribution in [-0.2, 0) is 4.74 Å². The topological polar surface area (TPSA) is 47.0 Å². The fraction of sp³-hybridized carbons (Fsp3) is 0.143. The monoisotopic (exact) mass is 151 g/mol. The highest BCUT2D eigenvalue weighted by Gasteiger charge is 1.79. The van der Waals surface area contributed by atoms with Crippen molar-refractivity contribution < 1.29 is 4.74 Å². The van der Waals surface area contributed by atoms with Crippen LogP contribution < -0.4 is 5.32 Å². The van der Waals surface area contributed by atoms with E-state index in [0.717, 1.165) is 0 Å². The second kappa shape index (κ2) is 5.22. The standard InChI is InChI=1S/C4H4N2.C3H5NO/c1-2-4-6-5-3-1;1-2-5-3-4-1/h1-4H;1-2,4H,3H2. The lowest BCUT2D eigenvalue weighted by molar-refractivity contribution is 0.267. The van der Waals surface area contributed by atoms with Gasteiger partial charge in [0.15, 0.2) is 6.73 Å². The second-order valence-electron chi connectivity index (χ2n) is 1.73. The lowest BCUT2D eigenvalue weighted by atomic mass is 10.6. The molecule has 0 amide bonds. The molecular formula is C7H9N3O. The predicted octanol–water partition coefficient (Wildman–Crippen LogP) is 0.512. The molecule has 2 heterocycles. The van der Waals surface area contributed by atoms with E-state index in [2.05, 4.69) is 20.3 Å². The van der Waals surface area contributed by atoms with Crippen LogP contribution in [0.25, 0.3) is 0 Å². The Morgan fingerprint density at radius 1 is 1.18 bits per heavy atom. The summed E-state index contributed by atoms with van der Waals surface area (Å²) in [4.78, 5) is 0. The molecule has 0 bridgehead atoms. The van der Waals surface area contributed by atoms with Gasteiger partial charge in [0.25, 0.3) is 0 Å². The van der Waals surface area contributed by atoms with Gasteiger partial charge in [-0.05, 0) is 12.1 Å². The van der Waals surface area contributed by atoms with Crippen molar-refractivity contribution >= 4 is 0 Å². The molecule has 11 heavy (non-hydrogen) atoms. The van der Waals surface area contributed by atoms with E-state index in [1.54, 1.807) is 24.9 Å². The summed E-state index contributed by atoms with van der Waals surface area (Å²) in [6, 6.07) is 3.65. The number of rotatable bonds is 0. The van der Waals surface area contributed by atoms with Crippen LogP contribution in [0.2, 0.25) is 0 Å². The van der Waals surface area contributed by atoms with Gasteiger partial charge < -0.3 is 10.1 Å². The van der Waals surface area contributed by atoms with Crippen molar-refractivity contribution in [2.75, 3.05) is 6.73 Å². The van der Waals surface area contributed by atoms with Gasteiger partial charge >= 0.3 is 0 Å². The van der Waals surface area contributed by atoms with Gasteiger partial charge in [-0.25, -0.2) is 0 Å². The number of aromatic nitrogens is 2. The molecular weight excluding hydrogens is 142 g/mol. The normalized spacial score (nSPS) is 12.4. The van der Waals surface area contributed by atoms with Gasteiger partial charge in [-0.1, -0.05) is 0 Å². The number of hydrogen-bond donors (Lipinski definition) is 1. The molecule has 1 aromatic heterocycles. The van der Waals surface area contributed by atoms with Crippen LogP contribution in [0.5, 0.6) is 0 Å². The molecule has 1 aromatic rings. The van der Waals surface area contributed by atoms with Crippen molar-refractivity contribution in [3.63, 3.8) is 0 Å². The van der Waals surface area contributed by atoms with Gasteiger partial charge in [-0.2, -0.15) is 10.2 Å². The van der Waals surface area contributed by atoms with Crippen molar-refractivity contribution in [1.29, 1.82) is 0 Å². The van der Waals surface area contributed by atoms with Gasteiger partial charge in [0, 0.05) is 18.6 Å². The summed E-state index contributed by atoms with van der Waals surface area (Å²) < 4.78 is 4.65. The maximum Gasteiger partial charge on any atom is 0.157 e. The second-order valence-corrected chi connectivity index (χ2v) is 1.73. The van der Waals surface area contributed by atoms with E-state index in [-0.39, 0.29) is 0 Å². The fourth-order valence-corrected chi connectivity index (χ4v) is 0.494. The average Bonchev–Trinajstić information content (AvgIpc) is 2.64. The molecule has 0 atom stereocenters. The van der Waals surface area contributed by atoms with E-state index in [4.69, 9.17) is 0 Å². The molecule has 0 unspecified atom stereocenters. The molecule has 4 nitrogen and oxygen atoms in total. The van der Waals surface area contributed by atoms with Gasteiger partial charge in [0.2, 0.25) is 0 Å². The lowest BCUT2D eigenvalue weighted by Gasteiger charge is -1.82. The minimum atomic E-state index is 0.639. The largest absolute Gasteiger partial charge is 0.479 e. The molecule has 58 valence electrons. The van der Waals surface area contributed by atoms with E-state index in [0.29, 0.717) is 6.73 Å². The average molecular weight is 151 g/mol. The van der Waals surface area contributed by atoms with Crippen molar-refractivity contribution in [2.45, 2.75) is 0 Å². The van der Waals surface area contributed by atoms with Crippen molar-refractivity contribution in [3.05, 3.63) is 37.0 Å². The molecule has 2 rings (SSSR count). The summed E-state index contributed by atoms with van der Waals surface area (Å²) in [7, 11) is 0. The summed E-state index contributed by atoms with van der Waals surface area (Å²) in [5.41, 5.74) is 0. The number of hydrogen-bond acceptors (Lipinski definition) is 4. The van der Waals surface area contributed by atoms with Crippen molar-refractivity contribution in [1.82, 2.24) is 15.5 Å². The Balaban J connectivity index is 0.000000112. The quantitative estimate of drug-likeness (QED) is 0.587. The minimum absolute atomic E-state index is 0.639. The zero-order valence-corrected chi connectivity index (χ0v) is 5.97. The van der Waals surface area contributed by atoms with Gasteiger partial charge in [-0.3, -0.25) is 0 Å². The Hall–Kier alpha value is -1.58. The fourth-order valence-electron chi connectivity index (χ4n) is 0.494.